The summed E-state index contributed by atoms with van der Waals surface area (Å²) in [4.78, 5) is 26.2. The van der Waals surface area contributed by atoms with Crippen LogP contribution in [0.15, 0.2) is 48.5 Å². The van der Waals surface area contributed by atoms with Crippen LogP contribution in [0.3, 0.4) is 0 Å². The van der Waals surface area contributed by atoms with E-state index in [4.69, 9.17) is 4.74 Å². The number of halogens is 1. The molecule has 0 aliphatic carbocycles. The van der Waals surface area contributed by atoms with E-state index < -0.39 is 6.04 Å². The molecule has 2 rings (SSSR count). The van der Waals surface area contributed by atoms with E-state index >= 15 is 0 Å². The Bertz CT molecular complexity index is 762. The highest BCUT2D eigenvalue weighted by molar-refractivity contribution is 5.87. The lowest BCUT2D eigenvalue weighted by atomic mass is 10.1. The number of amides is 2. The lowest BCUT2D eigenvalue weighted by molar-refractivity contribution is -0.142. The van der Waals surface area contributed by atoms with Crippen molar-refractivity contribution in [1.29, 1.82) is 0 Å². The zero-order valence-corrected chi connectivity index (χ0v) is 15.2. The van der Waals surface area contributed by atoms with Gasteiger partial charge in [0.05, 0.1) is 0 Å². The number of carbonyl (C=O) groups excluding carboxylic acids is 2. The van der Waals surface area contributed by atoms with Gasteiger partial charge < -0.3 is 15.0 Å². The van der Waals surface area contributed by atoms with Gasteiger partial charge in [0.1, 0.15) is 17.6 Å². The number of hydrogen-bond donors (Lipinski definition) is 1. The van der Waals surface area contributed by atoms with Gasteiger partial charge in [0.15, 0.2) is 6.61 Å². The van der Waals surface area contributed by atoms with Crippen molar-refractivity contribution < 1.29 is 18.7 Å². The fourth-order valence-corrected chi connectivity index (χ4v) is 2.52. The first-order valence-corrected chi connectivity index (χ1v) is 8.36. The number of hydrogen-bond acceptors (Lipinski definition) is 3. The van der Waals surface area contributed by atoms with Crippen LogP contribution < -0.4 is 10.1 Å². The second-order valence-corrected chi connectivity index (χ2v) is 5.98. The molecule has 26 heavy (non-hydrogen) atoms. The molecule has 0 fully saturated rings. The molecule has 138 valence electrons. The third-order valence-electron chi connectivity index (χ3n) is 4.19. The number of likely N-dealkylation sites (N-methyl/N-ethyl adjacent to an activating group) is 1. The summed E-state index contributed by atoms with van der Waals surface area (Å²) in [6, 6.07) is 12.5. The van der Waals surface area contributed by atoms with Crippen LogP contribution >= 0.6 is 0 Å². The molecule has 0 radical (unpaired) electrons. The maximum Gasteiger partial charge on any atom is 0.261 e. The molecule has 2 aromatic carbocycles. The minimum atomic E-state index is -0.649. The summed E-state index contributed by atoms with van der Waals surface area (Å²) in [5.74, 6) is -0.566. The molecule has 0 heterocycles. The predicted octanol–water partition coefficient (Wildman–Crippen LogP) is 2.68. The summed E-state index contributed by atoms with van der Waals surface area (Å²) >= 11 is 0. The number of benzene rings is 2. The zero-order valence-electron chi connectivity index (χ0n) is 15.2. The highest BCUT2D eigenvalue weighted by Gasteiger charge is 2.26. The van der Waals surface area contributed by atoms with E-state index in [-0.39, 0.29) is 24.2 Å². The molecule has 5 nitrogen and oxygen atoms in total. The van der Waals surface area contributed by atoms with Crippen LogP contribution in [-0.2, 0) is 16.1 Å². The Morgan fingerprint density at radius 1 is 1.15 bits per heavy atom. The van der Waals surface area contributed by atoms with Crippen molar-refractivity contribution in [3.05, 3.63) is 65.5 Å². The van der Waals surface area contributed by atoms with Crippen molar-refractivity contribution in [2.45, 2.75) is 26.4 Å². The van der Waals surface area contributed by atoms with Crippen molar-refractivity contribution in [3.63, 3.8) is 0 Å². The van der Waals surface area contributed by atoms with Crippen molar-refractivity contribution in [2.24, 2.45) is 0 Å². The summed E-state index contributed by atoms with van der Waals surface area (Å²) < 4.78 is 18.4. The normalized spacial score (nSPS) is 11.5. The molecule has 2 aromatic rings. The predicted molar refractivity (Wildman–Crippen MR) is 97.2 cm³/mol. The Morgan fingerprint density at radius 2 is 1.81 bits per heavy atom. The highest BCUT2D eigenvalue weighted by Crippen LogP contribution is 2.15. The Morgan fingerprint density at radius 3 is 2.42 bits per heavy atom. The van der Waals surface area contributed by atoms with E-state index in [0.29, 0.717) is 12.3 Å². The number of rotatable bonds is 7. The molecule has 0 saturated heterocycles. The first kappa shape index (κ1) is 19.4. The van der Waals surface area contributed by atoms with Gasteiger partial charge in [-0.05, 0) is 49.2 Å². The van der Waals surface area contributed by atoms with Crippen LogP contribution in [0.25, 0.3) is 0 Å². The second kappa shape index (κ2) is 8.99. The first-order valence-electron chi connectivity index (χ1n) is 8.36. The van der Waals surface area contributed by atoms with Gasteiger partial charge in [-0.3, -0.25) is 9.59 Å². The quantitative estimate of drug-likeness (QED) is 0.828. The summed E-state index contributed by atoms with van der Waals surface area (Å²) in [6.45, 7) is 3.69. The third kappa shape index (κ3) is 5.05. The van der Waals surface area contributed by atoms with E-state index in [1.165, 1.54) is 36.2 Å². The molecule has 0 aliphatic rings. The van der Waals surface area contributed by atoms with Gasteiger partial charge in [0, 0.05) is 13.6 Å². The van der Waals surface area contributed by atoms with Gasteiger partial charge in [-0.2, -0.15) is 0 Å². The molecule has 0 spiro atoms. The fraction of sp³-hybridized carbons (Fsp3) is 0.300. The summed E-state index contributed by atoms with van der Waals surface area (Å²) in [6.07, 6.45) is 0. The van der Waals surface area contributed by atoms with Crippen molar-refractivity contribution >= 4 is 11.8 Å². The largest absolute Gasteiger partial charge is 0.484 e. The number of carbonyl (C=O) groups is 2. The average molecular weight is 358 g/mol. The maximum atomic E-state index is 13.0. The summed E-state index contributed by atoms with van der Waals surface area (Å²) in [7, 11) is 1.53. The van der Waals surface area contributed by atoms with Gasteiger partial charge >= 0.3 is 0 Å². The van der Waals surface area contributed by atoms with Crippen LogP contribution in [0, 0.1) is 12.7 Å². The zero-order chi connectivity index (χ0) is 19.1. The molecule has 2 amide bonds. The lowest BCUT2D eigenvalue weighted by Crippen LogP contribution is -2.48. The highest BCUT2D eigenvalue weighted by atomic mass is 19.1. The molecule has 0 bridgehead atoms. The van der Waals surface area contributed by atoms with Crippen LogP contribution in [0.5, 0.6) is 5.75 Å². The molecule has 0 saturated carbocycles. The number of nitrogens with one attached hydrogen (secondary N) is 1. The van der Waals surface area contributed by atoms with Gasteiger partial charge in [-0.1, -0.05) is 24.3 Å². The fourth-order valence-electron chi connectivity index (χ4n) is 2.52. The van der Waals surface area contributed by atoms with Crippen LogP contribution in [0.4, 0.5) is 4.39 Å². The van der Waals surface area contributed by atoms with Crippen LogP contribution in [0.2, 0.25) is 0 Å². The summed E-state index contributed by atoms with van der Waals surface area (Å²) in [5.41, 5.74) is 1.99. The molecular formula is C20H23FN2O3. The van der Waals surface area contributed by atoms with Gasteiger partial charge in [0.25, 0.3) is 5.91 Å². The van der Waals surface area contributed by atoms with E-state index in [1.54, 1.807) is 6.92 Å². The van der Waals surface area contributed by atoms with Gasteiger partial charge in [-0.25, -0.2) is 4.39 Å². The Balaban J connectivity index is 2.13. The van der Waals surface area contributed by atoms with E-state index in [2.05, 4.69) is 5.32 Å². The van der Waals surface area contributed by atoms with Crippen LogP contribution in [0.1, 0.15) is 18.1 Å². The average Bonchev–Trinajstić information content (AvgIpc) is 2.65. The number of aryl methyl sites for hydroxylation is 1. The van der Waals surface area contributed by atoms with Crippen molar-refractivity contribution in [2.75, 3.05) is 13.7 Å². The molecule has 0 aliphatic heterocycles. The Labute approximate surface area is 152 Å². The van der Waals surface area contributed by atoms with E-state index in [0.717, 1.165) is 11.1 Å². The molecule has 1 N–H and O–H groups in total. The molecule has 1 unspecified atom stereocenters. The molecular weight excluding hydrogens is 335 g/mol. The van der Waals surface area contributed by atoms with Gasteiger partial charge in [0.2, 0.25) is 5.91 Å². The first-order chi connectivity index (χ1) is 12.4. The molecule has 6 heteroatoms. The smallest absolute Gasteiger partial charge is 0.261 e. The van der Waals surface area contributed by atoms with E-state index in [1.807, 2.05) is 31.2 Å². The minimum absolute atomic E-state index is 0.237. The topological polar surface area (TPSA) is 58.6 Å². The molecule has 1 atom stereocenters. The van der Waals surface area contributed by atoms with Crippen LogP contribution in [-0.4, -0.2) is 36.4 Å². The number of ether oxygens (including phenoxy) is 1. The lowest BCUT2D eigenvalue weighted by Gasteiger charge is -2.28. The van der Waals surface area contributed by atoms with E-state index in [9.17, 15) is 14.0 Å². The monoisotopic (exact) mass is 358 g/mol. The SMILES string of the molecule is CNC(=O)C(C)N(Cc1ccccc1C)C(=O)COc1ccc(F)cc1. The standard InChI is InChI=1S/C20H23FN2O3/c1-14-6-4-5-7-16(14)12-23(15(2)20(25)22-3)19(24)13-26-18-10-8-17(21)9-11-18/h4-11,15H,12-13H2,1-3H3,(H,22,25). The Kier molecular flexibility index (Phi) is 6.72. The van der Waals surface area contributed by atoms with Gasteiger partial charge in [-0.15, -0.1) is 0 Å². The molecule has 0 aromatic heterocycles. The summed E-state index contributed by atoms with van der Waals surface area (Å²) in [5, 5.41) is 2.57. The second-order valence-electron chi connectivity index (χ2n) is 5.98. The third-order valence-corrected chi connectivity index (χ3v) is 4.19. The maximum absolute atomic E-state index is 13.0. The number of nitrogens with zero attached hydrogens (tertiary/aromatic N) is 1. The van der Waals surface area contributed by atoms with Crippen molar-refractivity contribution in [1.82, 2.24) is 10.2 Å². The van der Waals surface area contributed by atoms with Crippen molar-refractivity contribution in [3.8, 4) is 5.75 Å². The Hall–Kier alpha value is -2.89. The minimum Gasteiger partial charge on any atom is -0.484 e.